The van der Waals surface area contributed by atoms with E-state index < -0.39 is 79.2 Å². The minimum Gasteiger partial charge on any atom is -0.447 e. The van der Waals surface area contributed by atoms with Gasteiger partial charge in [-0.05, 0) is 18.6 Å². The maximum Gasteiger partial charge on any atom is 0.435 e. The van der Waals surface area contributed by atoms with Gasteiger partial charge in [-0.25, -0.2) is 13.6 Å². The van der Waals surface area contributed by atoms with Crippen LogP contribution in [0.1, 0.15) is 58.8 Å². The van der Waals surface area contributed by atoms with Crippen LogP contribution in [0.15, 0.2) is 30.3 Å². The van der Waals surface area contributed by atoms with Gasteiger partial charge < -0.3 is 9.84 Å². The molecule has 0 radical (unpaired) electrons. The molecule has 0 aliphatic heterocycles. The molecule has 13 heteroatoms. The number of halogens is 8. The fraction of sp³-hybridized carbons (Fsp3) is 0.474. The Morgan fingerprint density at radius 3 is 2.34 bits per heavy atom. The molecule has 1 aliphatic carbocycles. The van der Waals surface area contributed by atoms with Gasteiger partial charge in [0.05, 0.1) is 16.8 Å². The molecule has 1 aromatic heterocycles. The first kappa shape index (κ1) is 24.0. The van der Waals surface area contributed by atoms with E-state index in [0.717, 1.165) is 0 Å². The topological polar surface area (TPSA) is 64.3 Å². The standard InChI is InChI=1S/C19H16F8N2O3/c20-17(21)9-11(30)13-12(15(17)32-16(31)10-5-2-1-3-6-10)14(19(25,26)27)28-29(13)8-4-7-18(22,23)24/h1-3,5-6,11,15,30H,4,7-9H2/t11?,15-/m0/s1. The molecule has 176 valence electrons. The van der Waals surface area contributed by atoms with Crippen LogP contribution in [-0.2, 0) is 17.5 Å². The average Bonchev–Trinajstić information content (AvgIpc) is 3.04. The molecule has 3 rings (SSSR count). The van der Waals surface area contributed by atoms with Gasteiger partial charge in [-0.15, -0.1) is 0 Å². The van der Waals surface area contributed by atoms with Crippen LogP contribution >= 0.6 is 0 Å². The molecule has 5 nitrogen and oxygen atoms in total. The molecule has 1 aliphatic rings. The Hall–Kier alpha value is -2.70. The lowest BCUT2D eigenvalue weighted by molar-refractivity contribution is -0.160. The number of alkyl halides is 8. The summed E-state index contributed by atoms with van der Waals surface area (Å²) in [5.41, 5.74) is -4.08. The van der Waals surface area contributed by atoms with E-state index in [2.05, 4.69) is 5.10 Å². The molecular formula is C19H16F8N2O3. The zero-order valence-electron chi connectivity index (χ0n) is 16.1. The van der Waals surface area contributed by atoms with Gasteiger partial charge >= 0.3 is 18.3 Å². The molecule has 1 unspecified atom stereocenters. The number of benzene rings is 1. The van der Waals surface area contributed by atoms with Crippen molar-refractivity contribution in [1.82, 2.24) is 9.78 Å². The average molecular weight is 472 g/mol. The van der Waals surface area contributed by atoms with Crippen LogP contribution in [0.25, 0.3) is 0 Å². The van der Waals surface area contributed by atoms with Crippen molar-refractivity contribution in [3.63, 3.8) is 0 Å². The van der Waals surface area contributed by atoms with E-state index in [0.29, 0.717) is 4.68 Å². The van der Waals surface area contributed by atoms with Crippen LogP contribution in [0.3, 0.4) is 0 Å². The van der Waals surface area contributed by atoms with Crippen molar-refractivity contribution in [2.75, 3.05) is 0 Å². The van der Waals surface area contributed by atoms with Crippen LogP contribution in [0.4, 0.5) is 35.1 Å². The van der Waals surface area contributed by atoms with E-state index in [1.165, 1.54) is 30.3 Å². The number of aromatic nitrogens is 2. The molecule has 0 amide bonds. The summed E-state index contributed by atoms with van der Waals surface area (Å²) < 4.78 is 113. The zero-order chi connectivity index (χ0) is 23.9. The highest BCUT2D eigenvalue weighted by Crippen LogP contribution is 2.52. The molecule has 0 spiro atoms. The number of nitrogens with zero attached hydrogens (tertiary/aromatic N) is 2. The summed E-state index contributed by atoms with van der Waals surface area (Å²) in [5.74, 6) is -5.44. The number of rotatable bonds is 5. The number of aliphatic hydroxyl groups is 1. The maximum absolute atomic E-state index is 14.7. The number of ether oxygens (including phenoxy) is 1. The van der Waals surface area contributed by atoms with E-state index in [4.69, 9.17) is 4.74 Å². The first-order chi connectivity index (χ1) is 14.7. The molecule has 32 heavy (non-hydrogen) atoms. The quantitative estimate of drug-likeness (QED) is 0.479. The van der Waals surface area contributed by atoms with Crippen LogP contribution < -0.4 is 0 Å². The van der Waals surface area contributed by atoms with Crippen molar-refractivity contribution in [2.24, 2.45) is 0 Å². The Morgan fingerprint density at radius 2 is 1.78 bits per heavy atom. The molecule has 0 saturated heterocycles. The molecule has 2 aromatic rings. The summed E-state index contributed by atoms with van der Waals surface area (Å²) in [6.07, 6.45) is -18.3. The summed E-state index contributed by atoms with van der Waals surface area (Å²) >= 11 is 0. The highest BCUT2D eigenvalue weighted by molar-refractivity contribution is 5.89. The predicted octanol–water partition coefficient (Wildman–Crippen LogP) is 5.21. The van der Waals surface area contributed by atoms with Gasteiger partial charge in [0, 0.05) is 19.4 Å². The third-order valence-electron chi connectivity index (χ3n) is 4.79. The molecule has 1 heterocycles. The SMILES string of the molecule is O=C(O[C@H]1c2c(C(F)(F)F)nn(CCCC(F)(F)F)c2C(O)CC1(F)F)c1ccccc1. The summed E-state index contributed by atoms with van der Waals surface area (Å²) in [5, 5.41) is 13.3. The largest absolute Gasteiger partial charge is 0.447 e. The van der Waals surface area contributed by atoms with Crippen LogP contribution in [-0.4, -0.2) is 33.0 Å². The molecule has 0 fully saturated rings. The molecule has 2 atom stereocenters. The van der Waals surface area contributed by atoms with E-state index >= 15 is 0 Å². The minimum absolute atomic E-state index is 0.206. The Morgan fingerprint density at radius 1 is 1.16 bits per heavy atom. The molecule has 1 aromatic carbocycles. The number of carbonyl (C=O) groups excluding carboxylic acids is 1. The lowest BCUT2D eigenvalue weighted by Gasteiger charge is -2.34. The Labute approximate surface area is 175 Å². The number of aryl methyl sites for hydroxylation is 1. The normalized spacial score (nSPS) is 20.7. The van der Waals surface area contributed by atoms with Gasteiger partial charge in [0.1, 0.15) is 6.10 Å². The molecule has 0 saturated carbocycles. The predicted molar refractivity (Wildman–Crippen MR) is 91.6 cm³/mol. The number of esters is 1. The highest BCUT2D eigenvalue weighted by atomic mass is 19.4. The smallest absolute Gasteiger partial charge is 0.435 e. The van der Waals surface area contributed by atoms with Crippen molar-refractivity contribution in [1.29, 1.82) is 0 Å². The van der Waals surface area contributed by atoms with E-state index in [-0.39, 0.29) is 5.56 Å². The highest BCUT2D eigenvalue weighted by Gasteiger charge is 2.56. The lowest BCUT2D eigenvalue weighted by Crippen LogP contribution is -2.38. The fourth-order valence-corrected chi connectivity index (χ4v) is 3.48. The van der Waals surface area contributed by atoms with Crippen molar-refractivity contribution < 1.29 is 49.8 Å². The van der Waals surface area contributed by atoms with Crippen LogP contribution in [0, 0.1) is 0 Å². The van der Waals surface area contributed by atoms with Crippen LogP contribution in [0.5, 0.6) is 0 Å². The number of fused-ring (bicyclic) bond motifs is 1. The van der Waals surface area contributed by atoms with Gasteiger partial charge in [-0.1, -0.05) is 18.2 Å². The summed E-state index contributed by atoms with van der Waals surface area (Å²) in [7, 11) is 0. The lowest BCUT2D eigenvalue weighted by atomic mass is 9.87. The van der Waals surface area contributed by atoms with E-state index in [9.17, 15) is 45.0 Å². The van der Waals surface area contributed by atoms with Gasteiger partial charge in [-0.3, -0.25) is 4.68 Å². The van der Waals surface area contributed by atoms with Crippen molar-refractivity contribution in [3.8, 4) is 0 Å². The summed E-state index contributed by atoms with van der Waals surface area (Å²) in [4.78, 5) is 12.3. The van der Waals surface area contributed by atoms with Gasteiger partial charge in [0.2, 0.25) is 0 Å². The molecule has 1 N–H and O–H groups in total. The van der Waals surface area contributed by atoms with E-state index in [1.54, 1.807) is 0 Å². The number of carbonyl (C=O) groups is 1. The number of hydrogen-bond donors (Lipinski definition) is 1. The van der Waals surface area contributed by atoms with E-state index in [1.807, 2.05) is 0 Å². The third-order valence-corrected chi connectivity index (χ3v) is 4.79. The van der Waals surface area contributed by atoms with Crippen molar-refractivity contribution in [2.45, 2.75) is 56.3 Å². The Balaban J connectivity index is 2.05. The molecule has 0 bridgehead atoms. The van der Waals surface area contributed by atoms with Gasteiger partial charge in [0.25, 0.3) is 5.92 Å². The number of aliphatic hydroxyl groups excluding tert-OH is 1. The van der Waals surface area contributed by atoms with Crippen LogP contribution in [0.2, 0.25) is 0 Å². The minimum atomic E-state index is -5.30. The second kappa shape index (κ2) is 8.34. The molecular weight excluding hydrogens is 456 g/mol. The van der Waals surface area contributed by atoms with Gasteiger partial charge in [-0.2, -0.15) is 31.4 Å². The summed E-state index contributed by atoms with van der Waals surface area (Å²) in [6.45, 7) is -0.722. The van der Waals surface area contributed by atoms with Gasteiger partial charge in [0.15, 0.2) is 11.8 Å². The third kappa shape index (κ3) is 5.03. The number of hydrogen-bond acceptors (Lipinski definition) is 4. The van der Waals surface area contributed by atoms with Crippen molar-refractivity contribution >= 4 is 5.97 Å². The second-order valence-electron chi connectivity index (χ2n) is 7.22. The van der Waals surface area contributed by atoms with Crippen molar-refractivity contribution in [3.05, 3.63) is 52.8 Å². The Bertz CT molecular complexity index is 969. The first-order valence-corrected chi connectivity index (χ1v) is 9.27. The summed E-state index contributed by atoms with van der Waals surface area (Å²) in [6, 6.07) is 6.66. The fourth-order valence-electron chi connectivity index (χ4n) is 3.48. The first-order valence-electron chi connectivity index (χ1n) is 9.27. The zero-order valence-corrected chi connectivity index (χ0v) is 16.1. The second-order valence-corrected chi connectivity index (χ2v) is 7.22. The Kier molecular flexibility index (Phi) is 6.24. The maximum atomic E-state index is 14.7. The monoisotopic (exact) mass is 472 g/mol.